The SMILES string of the molecule is CC(CO)N(C)C(CCN)c1ccccc1. The molecule has 1 aromatic rings. The molecule has 0 aliphatic rings. The quantitative estimate of drug-likeness (QED) is 0.764. The van der Waals surface area contributed by atoms with Crippen molar-refractivity contribution >= 4 is 0 Å². The average Bonchev–Trinajstić information content (AvgIpc) is 2.35. The molecule has 0 spiro atoms. The first-order chi connectivity index (χ1) is 7.70. The summed E-state index contributed by atoms with van der Waals surface area (Å²) in [5.74, 6) is 0. The smallest absolute Gasteiger partial charge is 0.0584 e. The van der Waals surface area contributed by atoms with Gasteiger partial charge in [-0.1, -0.05) is 30.3 Å². The molecular weight excluding hydrogens is 200 g/mol. The molecule has 0 heterocycles. The molecule has 0 aliphatic heterocycles. The summed E-state index contributed by atoms with van der Waals surface area (Å²) in [4.78, 5) is 2.18. The Kier molecular flexibility index (Phi) is 5.46. The fourth-order valence-corrected chi connectivity index (χ4v) is 1.87. The fourth-order valence-electron chi connectivity index (χ4n) is 1.87. The molecule has 3 N–H and O–H groups in total. The molecule has 3 nitrogen and oxygen atoms in total. The van der Waals surface area contributed by atoms with Crippen molar-refractivity contribution < 1.29 is 5.11 Å². The number of nitrogens with two attached hydrogens (primary N) is 1. The highest BCUT2D eigenvalue weighted by Crippen LogP contribution is 2.23. The van der Waals surface area contributed by atoms with Crippen molar-refractivity contribution in [3.63, 3.8) is 0 Å². The van der Waals surface area contributed by atoms with Gasteiger partial charge in [0, 0.05) is 12.1 Å². The van der Waals surface area contributed by atoms with Crippen LogP contribution in [0.5, 0.6) is 0 Å². The van der Waals surface area contributed by atoms with Crippen LogP contribution in [0, 0.1) is 0 Å². The van der Waals surface area contributed by atoms with Gasteiger partial charge in [0.1, 0.15) is 0 Å². The Bertz CT molecular complexity index is 289. The zero-order valence-corrected chi connectivity index (χ0v) is 10.1. The van der Waals surface area contributed by atoms with E-state index in [1.54, 1.807) is 0 Å². The van der Waals surface area contributed by atoms with Crippen LogP contribution in [0.15, 0.2) is 30.3 Å². The van der Waals surface area contributed by atoms with Crippen LogP contribution in [0.4, 0.5) is 0 Å². The van der Waals surface area contributed by atoms with Crippen LogP contribution in [-0.4, -0.2) is 36.2 Å². The van der Waals surface area contributed by atoms with E-state index in [-0.39, 0.29) is 18.7 Å². The highest BCUT2D eigenvalue weighted by atomic mass is 16.3. The predicted octanol–water partition coefficient (Wildman–Crippen LogP) is 1.39. The molecule has 1 rings (SSSR count). The molecule has 0 aromatic heterocycles. The predicted molar refractivity (Wildman–Crippen MR) is 67.2 cm³/mol. The van der Waals surface area contributed by atoms with Gasteiger partial charge in [-0.3, -0.25) is 4.90 Å². The summed E-state index contributed by atoms with van der Waals surface area (Å²) in [7, 11) is 2.04. The van der Waals surface area contributed by atoms with Gasteiger partial charge in [0.25, 0.3) is 0 Å². The third-order valence-corrected chi connectivity index (χ3v) is 3.08. The Morgan fingerprint density at radius 2 is 1.94 bits per heavy atom. The molecule has 1 aromatic carbocycles. The lowest BCUT2D eigenvalue weighted by atomic mass is 10.0. The molecule has 0 bridgehead atoms. The van der Waals surface area contributed by atoms with Crippen molar-refractivity contribution in [1.82, 2.24) is 4.90 Å². The van der Waals surface area contributed by atoms with Gasteiger partial charge in [-0.05, 0) is 32.5 Å². The Balaban J connectivity index is 2.82. The van der Waals surface area contributed by atoms with Crippen LogP contribution in [0.3, 0.4) is 0 Å². The third-order valence-electron chi connectivity index (χ3n) is 3.08. The van der Waals surface area contributed by atoms with E-state index in [9.17, 15) is 5.11 Å². The zero-order valence-electron chi connectivity index (χ0n) is 10.1. The van der Waals surface area contributed by atoms with Gasteiger partial charge in [0.2, 0.25) is 0 Å². The number of rotatable bonds is 6. The maximum Gasteiger partial charge on any atom is 0.0584 e. The average molecular weight is 222 g/mol. The highest BCUT2D eigenvalue weighted by Gasteiger charge is 2.19. The molecule has 0 aliphatic carbocycles. The molecule has 2 atom stereocenters. The van der Waals surface area contributed by atoms with Gasteiger partial charge >= 0.3 is 0 Å². The number of likely N-dealkylation sites (N-methyl/N-ethyl adjacent to an activating group) is 1. The summed E-state index contributed by atoms with van der Waals surface area (Å²) in [6, 6.07) is 10.7. The van der Waals surface area contributed by atoms with Gasteiger partial charge in [-0.25, -0.2) is 0 Å². The van der Waals surface area contributed by atoms with Crippen molar-refractivity contribution in [3.05, 3.63) is 35.9 Å². The van der Waals surface area contributed by atoms with Crippen molar-refractivity contribution in [1.29, 1.82) is 0 Å². The standard InChI is InChI=1S/C13H22N2O/c1-11(10-16)15(2)13(8-9-14)12-6-4-3-5-7-12/h3-7,11,13,16H,8-10,14H2,1-2H3. The molecular formula is C13H22N2O. The molecule has 0 amide bonds. The Labute approximate surface area is 97.9 Å². The van der Waals surface area contributed by atoms with Crippen molar-refractivity contribution in [2.24, 2.45) is 5.73 Å². The van der Waals surface area contributed by atoms with Crippen LogP contribution in [0.2, 0.25) is 0 Å². The summed E-state index contributed by atoms with van der Waals surface area (Å²) in [6.07, 6.45) is 0.908. The number of aliphatic hydroxyl groups is 1. The largest absolute Gasteiger partial charge is 0.395 e. The molecule has 0 saturated carbocycles. The van der Waals surface area contributed by atoms with Gasteiger partial charge < -0.3 is 10.8 Å². The topological polar surface area (TPSA) is 49.5 Å². The first-order valence-corrected chi connectivity index (χ1v) is 5.78. The van der Waals surface area contributed by atoms with Crippen molar-refractivity contribution in [3.8, 4) is 0 Å². The second-order valence-corrected chi connectivity index (χ2v) is 4.20. The molecule has 90 valence electrons. The van der Waals surface area contributed by atoms with Crippen LogP contribution >= 0.6 is 0 Å². The number of hydrogen-bond donors (Lipinski definition) is 2. The summed E-state index contributed by atoms with van der Waals surface area (Å²) in [5, 5.41) is 9.20. The third kappa shape index (κ3) is 3.30. The number of benzene rings is 1. The van der Waals surface area contributed by atoms with Crippen LogP contribution in [-0.2, 0) is 0 Å². The maximum atomic E-state index is 9.20. The van der Waals surface area contributed by atoms with Gasteiger partial charge in [-0.15, -0.1) is 0 Å². The minimum absolute atomic E-state index is 0.150. The van der Waals surface area contributed by atoms with Gasteiger partial charge in [0.05, 0.1) is 6.61 Å². The second-order valence-electron chi connectivity index (χ2n) is 4.20. The van der Waals surface area contributed by atoms with Crippen LogP contribution in [0.25, 0.3) is 0 Å². The molecule has 0 radical (unpaired) electrons. The molecule has 0 fully saturated rings. The van der Waals surface area contributed by atoms with Crippen LogP contribution < -0.4 is 5.73 Å². The van der Waals surface area contributed by atoms with E-state index in [2.05, 4.69) is 17.0 Å². The van der Waals surface area contributed by atoms with Crippen molar-refractivity contribution in [2.45, 2.75) is 25.4 Å². The van der Waals surface area contributed by atoms with Gasteiger partial charge in [0.15, 0.2) is 0 Å². The Morgan fingerprint density at radius 3 is 2.44 bits per heavy atom. The van der Waals surface area contributed by atoms with E-state index in [1.165, 1.54) is 5.56 Å². The van der Waals surface area contributed by atoms with Crippen molar-refractivity contribution in [2.75, 3.05) is 20.2 Å². The summed E-state index contributed by atoms with van der Waals surface area (Å²) in [5.41, 5.74) is 6.92. The first-order valence-electron chi connectivity index (χ1n) is 5.78. The summed E-state index contributed by atoms with van der Waals surface area (Å²) in [6.45, 7) is 2.85. The maximum absolute atomic E-state index is 9.20. The van der Waals surface area contributed by atoms with E-state index >= 15 is 0 Å². The number of nitrogens with zero attached hydrogens (tertiary/aromatic N) is 1. The normalized spacial score (nSPS) is 15.1. The first kappa shape index (κ1) is 13.2. The number of aliphatic hydroxyl groups excluding tert-OH is 1. The highest BCUT2D eigenvalue weighted by molar-refractivity contribution is 5.19. The zero-order chi connectivity index (χ0) is 12.0. The van der Waals surface area contributed by atoms with Crippen LogP contribution in [0.1, 0.15) is 24.9 Å². The van der Waals surface area contributed by atoms with Gasteiger partial charge in [-0.2, -0.15) is 0 Å². The monoisotopic (exact) mass is 222 g/mol. The lowest BCUT2D eigenvalue weighted by Gasteiger charge is -2.32. The molecule has 3 heteroatoms. The van der Waals surface area contributed by atoms with E-state index in [0.29, 0.717) is 6.54 Å². The number of hydrogen-bond acceptors (Lipinski definition) is 3. The fraction of sp³-hybridized carbons (Fsp3) is 0.538. The Hall–Kier alpha value is -0.900. The second kappa shape index (κ2) is 6.63. The lowest BCUT2D eigenvalue weighted by molar-refractivity contribution is 0.116. The Morgan fingerprint density at radius 1 is 1.31 bits per heavy atom. The minimum Gasteiger partial charge on any atom is -0.395 e. The van der Waals surface area contributed by atoms with E-state index in [0.717, 1.165) is 6.42 Å². The molecule has 0 saturated heterocycles. The molecule has 16 heavy (non-hydrogen) atoms. The molecule has 2 unspecified atom stereocenters. The van der Waals surface area contributed by atoms with E-state index < -0.39 is 0 Å². The minimum atomic E-state index is 0.150. The van der Waals surface area contributed by atoms with E-state index in [1.807, 2.05) is 32.2 Å². The van der Waals surface area contributed by atoms with E-state index in [4.69, 9.17) is 5.73 Å². The summed E-state index contributed by atoms with van der Waals surface area (Å²) < 4.78 is 0. The lowest BCUT2D eigenvalue weighted by Crippen LogP contribution is -2.36. The summed E-state index contributed by atoms with van der Waals surface area (Å²) >= 11 is 0.